The van der Waals surface area contributed by atoms with Crippen molar-refractivity contribution < 1.29 is 9.53 Å². The van der Waals surface area contributed by atoms with Gasteiger partial charge in [-0.2, -0.15) is 0 Å². The Morgan fingerprint density at radius 2 is 1.67 bits per heavy atom. The van der Waals surface area contributed by atoms with Gasteiger partial charge >= 0.3 is 0 Å². The van der Waals surface area contributed by atoms with E-state index in [1.165, 1.54) is 5.56 Å². The number of ether oxygens (including phenoxy) is 1. The van der Waals surface area contributed by atoms with Crippen molar-refractivity contribution in [2.75, 3.05) is 17.7 Å². The number of hydrogen-bond acceptors (Lipinski definition) is 5. The van der Waals surface area contributed by atoms with Gasteiger partial charge in [-0.3, -0.25) is 4.79 Å². The number of benzene rings is 2. The van der Waals surface area contributed by atoms with Crippen molar-refractivity contribution in [2.24, 2.45) is 0 Å². The number of methoxy groups -OCH3 is 1. The van der Waals surface area contributed by atoms with Crippen molar-refractivity contribution in [3.8, 4) is 5.75 Å². The van der Waals surface area contributed by atoms with Crippen molar-refractivity contribution in [2.45, 2.75) is 20.8 Å². The van der Waals surface area contributed by atoms with Gasteiger partial charge in [0, 0.05) is 5.69 Å². The Labute approximate surface area is 158 Å². The zero-order valence-corrected chi connectivity index (χ0v) is 15.8. The summed E-state index contributed by atoms with van der Waals surface area (Å²) in [7, 11) is 1.56. The Balaban J connectivity index is 1.75. The Morgan fingerprint density at radius 1 is 0.963 bits per heavy atom. The summed E-state index contributed by atoms with van der Waals surface area (Å²) >= 11 is 0. The van der Waals surface area contributed by atoms with E-state index in [1.54, 1.807) is 31.4 Å². The second-order valence-electron chi connectivity index (χ2n) is 6.36. The van der Waals surface area contributed by atoms with E-state index in [-0.39, 0.29) is 11.6 Å². The summed E-state index contributed by atoms with van der Waals surface area (Å²) in [5, 5.41) is 14.2. The van der Waals surface area contributed by atoms with E-state index >= 15 is 0 Å². The fourth-order valence-electron chi connectivity index (χ4n) is 2.96. The first kappa shape index (κ1) is 18.4. The van der Waals surface area contributed by atoms with Crippen LogP contribution in [0, 0.1) is 20.8 Å². The predicted octanol–water partition coefficient (Wildman–Crippen LogP) is 4.41. The van der Waals surface area contributed by atoms with Crippen LogP contribution in [0.25, 0.3) is 0 Å². The van der Waals surface area contributed by atoms with Gasteiger partial charge < -0.3 is 15.4 Å². The molecule has 0 aliphatic carbocycles. The minimum absolute atomic E-state index is 0.226. The molecule has 3 aromatic rings. The van der Waals surface area contributed by atoms with Gasteiger partial charge in [-0.15, -0.1) is 10.2 Å². The van der Waals surface area contributed by atoms with Crippen molar-refractivity contribution in [1.82, 2.24) is 10.2 Å². The maximum atomic E-state index is 12.4. The lowest BCUT2D eigenvalue weighted by Crippen LogP contribution is -2.15. The molecule has 27 heavy (non-hydrogen) atoms. The summed E-state index contributed by atoms with van der Waals surface area (Å²) in [4.78, 5) is 12.4. The summed E-state index contributed by atoms with van der Waals surface area (Å²) in [6.07, 6.45) is 0. The average Bonchev–Trinajstić information content (AvgIpc) is 2.65. The lowest BCUT2D eigenvalue weighted by atomic mass is 10.1. The predicted molar refractivity (Wildman–Crippen MR) is 107 cm³/mol. The Morgan fingerprint density at radius 3 is 2.30 bits per heavy atom. The Hall–Kier alpha value is -3.41. The first-order valence-corrected chi connectivity index (χ1v) is 8.61. The molecule has 2 aromatic carbocycles. The van der Waals surface area contributed by atoms with Gasteiger partial charge in [0.15, 0.2) is 11.5 Å². The van der Waals surface area contributed by atoms with Crippen LogP contribution >= 0.6 is 0 Å². The maximum Gasteiger partial charge on any atom is 0.276 e. The SMILES string of the molecule is COc1ccccc1NC(=O)c1ccc(Nc2c(C)cc(C)cc2C)nn1. The van der Waals surface area contributed by atoms with Crippen molar-refractivity contribution in [1.29, 1.82) is 0 Å². The largest absolute Gasteiger partial charge is 0.495 e. The molecule has 0 unspecified atom stereocenters. The van der Waals surface area contributed by atoms with Crippen molar-refractivity contribution in [3.05, 3.63) is 70.9 Å². The molecule has 6 nitrogen and oxygen atoms in total. The van der Waals surface area contributed by atoms with E-state index in [4.69, 9.17) is 4.74 Å². The highest BCUT2D eigenvalue weighted by atomic mass is 16.5. The first-order chi connectivity index (χ1) is 13.0. The normalized spacial score (nSPS) is 10.4. The standard InChI is InChI=1S/C21H22N4O2/c1-13-11-14(2)20(15(3)12-13)23-19-10-9-17(24-25-19)21(26)22-16-7-5-6-8-18(16)27-4/h5-12H,1-4H3,(H,22,26)(H,23,25). The zero-order valence-electron chi connectivity index (χ0n) is 15.8. The van der Waals surface area contributed by atoms with Crippen LogP contribution in [0.4, 0.5) is 17.2 Å². The highest BCUT2D eigenvalue weighted by molar-refractivity contribution is 6.03. The number of nitrogens with one attached hydrogen (secondary N) is 2. The van der Waals surface area contributed by atoms with Crippen LogP contribution in [-0.2, 0) is 0 Å². The van der Waals surface area contributed by atoms with Crippen LogP contribution in [0.1, 0.15) is 27.2 Å². The molecule has 0 fully saturated rings. The van der Waals surface area contributed by atoms with E-state index in [9.17, 15) is 4.79 Å². The van der Waals surface area contributed by atoms with E-state index in [2.05, 4.69) is 39.9 Å². The molecule has 2 N–H and O–H groups in total. The van der Waals surface area contributed by atoms with Crippen LogP contribution in [0.15, 0.2) is 48.5 Å². The number of hydrogen-bond donors (Lipinski definition) is 2. The van der Waals surface area contributed by atoms with Crippen LogP contribution in [0.2, 0.25) is 0 Å². The van der Waals surface area contributed by atoms with Crippen LogP contribution in [0.3, 0.4) is 0 Å². The van der Waals surface area contributed by atoms with E-state index in [0.717, 1.165) is 16.8 Å². The average molecular weight is 362 g/mol. The summed E-state index contributed by atoms with van der Waals surface area (Å²) < 4.78 is 5.24. The topological polar surface area (TPSA) is 76.1 Å². The maximum absolute atomic E-state index is 12.4. The quantitative estimate of drug-likeness (QED) is 0.703. The van der Waals surface area contributed by atoms with Gasteiger partial charge in [0.05, 0.1) is 12.8 Å². The monoisotopic (exact) mass is 362 g/mol. The summed E-state index contributed by atoms with van der Waals surface area (Å²) in [5.41, 5.74) is 5.29. The molecule has 1 heterocycles. The van der Waals surface area contributed by atoms with Crippen LogP contribution in [-0.4, -0.2) is 23.2 Å². The molecule has 0 bridgehead atoms. The van der Waals surface area contributed by atoms with E-state index < -0.39 is 0 Å². The lowest BCUT2D eigenvalue weighted by Gasteiger charge is -2.13. The van der Waals surface area contributed by atoms with Crippen molar-refractivity contribution >= 4 is 23.1 Å². The fourth-order valence-corrected chi connectivity index (χ4v) is 2.96. The third kappa shape index (κ3) is 4.23. The lowest BCUT2D eigenvalue weighted by molar-refractivity contribution is 0.102. The Bertz CT molecular complexity index is 945. The fraction of sp³-hybridized carbons (Fsp3) is 0.190. The molecule has 0 saturated heterocycles. The molecule has 1 amide bonds. The molecule has 6 heteroatoms. The molecule has 0 atom stereocenters. The van der Waals surface area contributed by atoms with Crippen LogP contribution in [0.5, 0.6) is 5.75 Å². The number of amides is 1. The van der Waals surface area contributed by atoms with Gasteiger partial charge in [-0.1, -0.05) is 29.8 Å². The highest BCUT2D eigenvalue weighted by Gasteiger charge is 2.12. The van der Waals surface area contributed by atoms with Gasteiger partial charge in [-0.05, 0) is 56.2 Å². The zero-order chi connectivity index (χ0) is 19.4. The summed E-state index contributed by atoms with van der Waals surface area (Å²) in [5.74, 6) is 0.822. The van der Waals surface area contributed by atoms with E-state index in [0.29, 0.717) is 17.3 Å². The van der Waals surface area contributed by atoms with Crippen LogP contribution < -0.4 is 15.4 Å². The van der Waals surface area contributed by atoms with Crippen molar-refractivity contribution in [3.63, 3.8) is 0 Å². The Kier molecular flexibility index (Phi) is 5.35. The number of aromatic nitrogens is 2. The second kappa shape index (κ2) is 7.86. The summed E-state index contributed by atoms with van der Waals surface area (Å²) in [6, 6.07) is 14.8. The molecule has 0 radical (unpaired) electrons. The van der Waals surface area contributed by atoms with Gasteiger partial charge in [-0.25, -0.2) is 0 Å². The summed E-state index contributed by atoms with van der Waals surface area (Å²) in [6.45, 7) is 6.16. The minimum atomic E-state index is -0.346. The molecule has 138 valence electrons. The third-order valence-corrected chi connectivity index (χ3v) is 4.18. The molecule has 1 aromatic heterocycles. The molecule has 0 saturated carbocycles. The number of para-hydroxylation sites is 2. The molecule has 0 spiro atoms. The molecular weight excluding hydrogens is 340 g/mol. The second-order valence-corrected chi connectivity index (χ2v) is 6.36. The van der Waals surface area contributed by atoms with E-state index in [1.807, 2.05) is 26.0 Å². The molecule has 0 aliphatic heterocycles. The van der Waals surface area contributed by atoms with Gasteiger partial charge in [0.2, 0.25) is 0 Å². The highest BCUT2D eigenvalue weighted by Crippen LogP contribution is 2.25. The first-order valence-electron chi connectivity index (χ1n) is 8.61. The number of anilines is 3. The number of carbonyl (C=O) groups excluding carboxylic acids is 1. The number of aryl methyl sites for hydroxylation is 3. The smallest absolute Gasteiger partial charge is 0.276 e. The van der Waals surface area contributed by atoms with Gasteiger partial charge in [0.25, 0.3) is 5.91 Å². The minimum Gasteiger partial charge on any atom is -0.495 e. The van der Waals surface area contributed by atoms with Gasteiger partial charge in [0.1, 0.15) is 5.75 Å². The molecule has 3 rings (SSSR count). The number of rotatable bonds is 5. The number of nitrogens with zero attached hydrogens (tertiary/aromatic N) is 2. The third-order valence-electron chi connectivity index (χ3n) is 4.18. The molecule has 0 aliphatic rings. The molecular formula is C21H22N4O2. The number of carbonyl (C=O) groups is 1.